The van der Waals surface area contributed by atoms with Crippen molar-refractivity contribution < 1.29 is 4.42 Å². The molecule has 2 aromatic rings. The number of thiazole rings is 1. The number of nitrogens with one attached hydrogen (secondary N) is 1. The van der Waals surface area contributed by atoms with Gasteiger partial charge in [0.15, 0.2) is 0 Å². The molecule has 1 atom stereocenters. The van der Waals surface area contributed by atoms with Crippen molar-refractivity contribution in [2.45, 2.75) is 46.1 Å². The van der Waals surface area contributed by atoms with Gasteiger partial charge in [-0.1, -0.05) is 20.8 Å². The zero-order chi connectivity index (χ0) is 14.2. The average Bonchev–Trinajstić information content (AvgIpc) is 3.02. The van der Waals surface area contributed by atoms with Gasteiger partial charge < -0.3 is 9.73 Å². The molecule has 1 aliphatic carbocycles. The molecule has 0 fully saturated rings. The number of hydrogen-bond acceptors (Lipinski definition) is 4. The van der Waals surface area contributed by atoms with Crippen molar-refractivity contribution in [2.75, 3.05) is 6.54 Å². The van der Waals surface area contributed by atoms with Crippen LogP contribution in [-0.4, -0.2) is 11.5 Å². The van der Waals surface area contributed by atoms with Crippen LogP contribution in [-0.2, 0) is 6.42 Å². The average molecular weight is 290 g/mol. The Labute approximate surface area is 124 Å². The highest BCUT2D eigenvalue weighted by atomic mass is 32.1. The Hall–Kier alpha value is -1.13. The fourth-order valence-electron chi connectivity index (χ4n) is 2.93. The first-order chi connectivity index (χ1) is 9.59. The second-order valence-electron chi connectivity index (χ2n) is 6.39. The van der Waals surface area contributed by atoms with Crippen LogP contribution in [0.25, 0.3) is 10.6 Å². The van der Waals surface area contributed by atoms with E-state index in [1.807, 2.05) is 17.4 Å². The highest BCUT2D eigenvalue weighted by molar-refractivity contribution is 7.15. The molecule has 1 unspecified atom stereocenters. The standard InChI is InChI=1S/C16H22N2OS/c1-4-6-17-12-8-16(2,3)9-13-14(12)20-15(18-13)11-5-7-19-10-11/h5,7,10,12,17H,4,6,8-9H2,1-3H3. The van der Waals surface area contributed by atoms with Crippen LogP contribution in [0.1, 0.15) is 50.2 Å². The predicted octanol–water partition coefficient (Wildman–Crippen LogP) is 4.42. The van der Waals surface area contributed by atoms with Gasteiger partial charge in [0, 0.05) is 16.5 Å². The van der Waals surface area contributed by atoms with Gasteiger partial charge in [-0.2, -0.15) is 0 Å². The summed E-state index contributed by atoms with van der Waals surface area (Å²) in [5.41, 5.74) is 2.69. The summed E-state index contributed by atoms with van der Waals surface area (Å²) in [6, 6.07) is 2.44. The van der Waals surface area contributed by atoms with E-state index in [4.69, 9.17) is 9.40 Å². The Kier molecular flexibility index (Phi) is 3.69. The van der Waals surface area contributed by atoms with Gasteiger partial charge in [-0.25, -0.2) is 4.98 Å². The summed E-state index contributed by atoms with van der Waals surface area (Å²) in [6.45, 7) is 7.96. The molecule has 0 saturated heterocycles. The summed E-state index contributed by atoms with van der Waals surface area (Å²) in [5, 5.41) is 4.78. The van der Waals surface area contributed by atoms with Crippen molar-refractivity contribution >= 4 is 11.3 Å². The molecule has 3 nitrogen and oxygen atoms in total. The minimum Gasteiger partial charge on any atom is -0.472 e. The second kappa shape index (κ2) is 5.34. The molecule has 1 aliphatic rings. The van der Waals surface area contributed by atoms with Crippen molar-refractivity contribution in [3.05, 3.63) is 29.2 Å². The Bertz CT molecular complexity index is 571. The molecule has 0 spiro atoms. The smallest absolute Gasteiger partial charge is 0.127 e. The van der Waals surface area contributed by atoms with E-state index in [2.05, 4.69) is 26.1 Å². The maximum Gasteiger partial charge on any atom is 0.127 e. The van der Waals surface area contributed by atoms with E-state index in [1.54, 1.807) is 12.5 Å². The Morgan fingerprint density at radius 1 is 1.50 bits per heavy atom. The molecule has 1 N–H and O–H groups in total. The van der Waals surface area contributed by atoms with E-state index >= 15 is 0 Å². The van der Waals surface area contributed by atoms with Gasteiger partial charge in [0.25, 0.3) is 0 Å². The fourth-order valence-corrected chi connectivity index (χ4v) is 4.07. The number of rotatable bonds is 4. The van der Waals surface area contributed by atoms with Crippen molar-refractivity contribution in [1.29, 1.82) is 0 Å². The highest BCUT2D eigenvalue weighted by Crippen LogP contribution is 2.44. The lowest BCUT2D eigenvalue weighted by Crippen LogP contribution is -2.33. The molecule has 20 heavy (non-hydrogen) atoms. The Morgan fingerprint density at radius 3 is 3.05 bits per heavy atom. The summed E-state index contributed by atoms with van der Waals surface area (Å²) in [4.78, 5) is 6.29. The van der Waals surface area contributed by atoms with Gasteiger partial charge in [-0.15, -0.1) is 11.3 Å². The monoisotopic (exact) mass is 290 g/mol. The van der Waals surface area contributed by atoms with Gasteiger partial charge in [-0.05, 0) is 37.3 Å². The molecule has 4 heteroatoms. The Balaban J connectivity index is 1.94. The van der Waals surface area contributed by atoms with Crippen LogP contribution in [0, 0.1) is 5.41 Å². The first-order valence-corrected chi connectivity index (χ1v) is 8.16. The third-order valence-corrected chi connectivity index (χ3v) is 5.12. The zero-order valence-electron chi connectivity index (χ0n) is 12.4. The number of furan rings is 1. The van der Waals surface area contributed by atoms with Crippen molar-refractivity contribution in [3.8, 4) is 10.6 Å². The van der Waals surface area contributed by atoms with Gasteiger partial charge in [-0.3, -0.25) is 0 Å². The van der Waals surface area contributed by atoms with Crippen LogP contribution < -0.4 is 5.32 Å². The molecule has 0 bridgehead atoms. The van der Waals surface area contributed by atoms with Crippen LogP contribution in [0.5, 0.6) is 0 Å². The van der Waals surface area contributed by atoms with E-state index in [9.17, 15) is 0 Å². The topological polar surface area (TPSA) is 38.1 Å². The normalized spacial score (nSPS) is 20.9. The summed E-state index contributed by atoms with van der Waals surface area (Å²) < 4.78 is 5.18. The molecule has 0 aliphatic heterocycles. The minimum atomic E-state index is 0.320. The number of hydrogen-bond donors (Lipinski definition) is 1. The SMILES string of the molecule is CCCNC1CC(C)(C)Cc2nc(-c3ccoc3)sc21. The molecule has 2 aromatic heterocycles. The molecule has 3 rings (SSSR count). The van der Waals surface area contributed by atoms with Crippen LogP contribution in [0.2, 0.25) is 0 Å². The minimum absolute atomic E-state index is 0.320. The molecule has 0 aromatic carbocycles. The van der Waals surface area contributed by atoms with Gasteiger partial charge in [0.1, 0.15) is 11.3 Å². The molecule has 108 valence electrons. The van der Waals surface area contributed by atoms with Crippen LogP contribution in [0.15, 0.2) is 23.0 Å². The first kappa shape index (κ1) is 13.8. The van der Waals surface area contributed by atoms with Gasteiger partial charge in [0.2, 0.25) is 0 Å². The van der Waals surface area contributed by atoms with Crippen molar-refractivity contribution in [2.24, 2.45) is 5.41 Å². The fraction of sp³-hybridized carbons (Fsp3) is 0.562. The van der Waals surface area contributed by atoms with Crippen LogP contribution >= 0.6 is 11.3 Å². The number of fused-ring (bicyclic) bond motifs is 1. The quantitative estimate of drug-likeness (QED) is 0.906. The maximum atomic E-state index is 5.18. The number of aromatic nitrogens is 1. The lowest BCUT2D eigenvalue weighted by Gasteiger charge is -2.34. The maximum absolute atomic E-state index is 5.18. The third-order valence-electron chi connectivity index (χ3n) is 3.86. The highest BCUT2D eigenvalue weighted by Gasteiger charge is 2.34. The summed E-state index contributed by atoms with van der Waals surface area (Å²) in [5.74, 6) is 0. The lowest BCUT2D eigenvalue weighted by atomic mass is 9.76. The third kappa shape index (κ3) is 2.67. The zero-order valence-corrected chi connectivity index (χ0v) is 13.2. The van der Waals surface area contributed by atoms with E-state index in [0.717, 1.165) is 23.5 Å². The Morgan fingerprint density at radius 2 is 2.35 bits per heavy atom. The van der Waals surface area contributed by atoms with E-state index < -0.39 is 0 Å². The molecule has 0 saturated carbocycles. The van der Waals surface area contributed by atoms with Gasteiger partial charge >= 0.3 is 0 Å². The molecule has 0 radical (unpaired) electrons. The first-order valence-electron chi connectivity index (χ1n) is 7.34. The molecule has 2 heterocycles. The largest absolute Gasteiger partial charge is 0.472 e. The summed E-state index contributed by atoms with van der Waals surface area (Å²) >= 11 is 1.82. The van der Waals surface area contributed by atoms with Gasteiger partial charge in [0.05, 0.1) is 12.0 Å². The van der Waals surface area contributed by atoms with E-state index in [0.29, 0.717) is 11.5 Å². The van der Waals surface area contributed by atoms with E-state index in [-0.39, 0.29) is 0 Å². The second-order valence-corrected chi connectivity index (χ2v) is 7.42. The summed E-state index contributed by atoms with van der Waals surface area (Å²) in [6.07, 6.45) is 6.92. The predicted molar refractivity (Wildman–Crippen MR) is 83.0 cm³/mol. The van der Waals surface area contributed by atoms with E-state index in [1.165, 1.54) is 23.4 Å². The number of nitrogens with zero attached hydrogens (tertiary/aromatic N) is 1. The molecule has 0 amide bonds. The van der Waals surface area contributed by atoms with Crippen molar-refractivity contribution in [1.82, 2.24) is 10.3 Å². The van der Waals surface area contributed by atoms with Crippen LogP contribution in [0.3, 0.4) is 0 Å². The molecular weight excluding hydrogens is 268 g/mol. The van der Waals surface area contributed by atoms with Crippen molar-refractivity contribution in [3.63, 3.8) is 0 Å². The molecular formula is C16H22N2OS. The summed E-state index contributed by atoms with van der Waals surface area (Å²) in [7, 11) is 0. The van der Waals surface area contributed by atoms with Crippen LogP contribution in [0.4, 0.5) is 0 Å². The lowest BCUT2D eigenvalue weighted by molar-refractivity contribution is 0.258.